The number of nitrogens with one attached hydrogen (secondary N) is 2. The maximum absolute atomic E-state index is 12.9. The van der Waals surface area contributed by atoms with Gasteiger partial charge in [-0.1, -0.05) is 33.1 Å². The highest BCUT2D eigenvalue weighted by Gasteiger charge is 2.29. The largest absolute Gasteiger partial charge is 0.326 e. The van der Waals surface area contributed by atoms with E-state index in [4.69, 9.17) is 0 Å². The molecule has 0 bridgehead atoms. The lowest BCUT2D eigenvalue weighted by molar-refractivity contribution is -0.117. The van der Waals surface area contributed by atoms with E-state index in [-0.39, 0.29) is 21.6 Å². The van der Waals surface area contributed by atoms with Crippen LogP contribution in [0.5, 0.6) is 0 Å². The molecule has 2 aliphatic heterocycles. The molecule has 10 nitrogen and oxygen atoms in total. The molecule has 2 fully saturated rings. The second-order valence-electron chi connectivity index (χ2n) is 12.6. The van der Waals surface area contributed by atoms with Gasteiger partial charge in [-0.15, -0.1) is 0 Å². The van der Waals surface area contributed by atoms with Gasteiger partial charge in [0.2, 0.25) is 31.9 Å². The van der Waals surface area contributed by atoms with Crippen molar-refractivity contribution in [2.24, 2.45) is 11.8 Å². The fourth-order valence-electron chi connectivity index (χ4n) is 5.72. The minimum Gasteiger partial charge on any atom is -0.326 e. The smallest absolute Gasteiger partial charge is 0.243 e. The number of rotatable bonds is 14. The topological polar surface area (TPSA) is 133 Å². The molecule has 0 unspecified atom stereocenters. The lowest BCUT2D eigenvalue weighted by Crippen LogP contribution is -2.37. The van der Waals surface area contributed by atoms with E-state index in [9.17, 15) is 26.4 Å². The first kappa shape index (κ1) is 35.1. The molecule has 2 amide bonds. The predicted molar refractivity (Wildman–Crippen MR) is 177 cm³/mol. The predicted octanol–water partition coefficient (Wildman–Crippen LogP) is 5.84. The quantitative estimate of drug-likeness (QED) is 0.245. The number of hydrogen-bond donors (Lipinski definition) is 2. The number of carbonyl (C=O) groups excluding carboxylic acids is 2. The van der Waals surface area contributed by atoms with Crippen molar-refractivity contribution in [3.63, 3.8) is 0 Å². The summed E-state index contributed by atoms with van der Waals surface area (Å²) in [5, 5.41) is 5.68. The number of benzene rings is 2. The molecule has 248 valence electrons. The second kappa shape index (κ2) is 16.2. The van der Waals surface area contributed by atoms with E-state index in [1.165, 1.54) is 0 Å². The number of nitrogens with zero attached hydrogens (tertiary/aromatic N) is 2. The maximum atomic E-state index is 12.9. The molecule has 12 heteroatoms. The van der Waals surface area contributed by atoms with Crippen LogP contribution in [-0.2, 0) is 29.6 Å². The summed E-state index contributed by atoms with van der Waals surface area (Å²) >= 11 is 0. The summed E-state index contributed by atoms with van der Waals surface area (Å²) in [7, 11) is -7.03. The van der Waals surface area contributed by atoms with Crippen molar-refractivity contribution < 1.29 is 26.4 Å². The Morgan fingerprint density at radius 1 is 0.578 bits per heavy atom. The third-order valence-corrected chi connectivity index (χ3v) is 12.7. The molecule has 4 rings (SSSR count). The zero-order chi connectivity index (χ0) is 32.5. The molecule has 2 N–H and O–H groups in total. The fourth-order valence-corrected chi connectivity index (χ4v) is 8.66. The van der Waals surface area contributed by atoms with E-state index in [1.54, 1.807) is 57.1 Å². The van der Waals surface area contributed by atoms with Crippen molar-refractivity contribution in [2.75, 3.05) is 36.8 Å². The van der Waals surface area contributed by atoms with E-state index < -0.39 is 20.0 Å². The zero-order valence-corrected chi connectivity index (χ0v) is 28.2. The molecule has 0 saturated carbocycles. The first-order valence-corrected chi connectivity index (χ1v) is 19.1. The first-order valence-electron chi connectivity index (χ1n) is 16.3. The van der Waals surface area contributed by atoms with Gasteiger partial charge in [0.05, 0.1) is 9.79 Å². The Hall–Kier alpha value is -2.80. The van der Waals surface area contributed by atoms with E-state index in [2.05, 4.69) is 24.5 Å². The fraction of sp³-hybridized carbons (Fsp3) is 0.576. The van der Waals surface area contributed by atoms with Gasteiger partial charge in [0.15, 0.2) is 0 Å². The van der Waals surface area contributed by atoms with Gasteiger partial charge in [-0.3, -0.25) is 9.59 Å². The highest BCUT2D eigenvalue weighted by molar-refractivity contribution is 7.89. The molecule has 45 heavy (non-hydrogen) atoms. The summed E-state index contributed by atoms with van der Waals surface area (Å²) in [6.07, 6.45) is 8.31. The highest BCUT2D eigenvalue weighted by Crippen LogP contribution is 2.26. The number of carbonyl (C=O) groups is 2. The normalized spacial score (nSPS) is 17.6. The van der Waals surface area contributed by atoms with E-state index in [1.807, 2.05) is 0 Å². The van der Waals surface area contributed by atoms with Crippen LogP contribution in [0.15, 0.2) is 58.3 Å². The number of amides is 2. The standard InChI is InChI=1S/C33H48N4O6S2/c1-26-18-22-36(23-19-26)44(40,41)30-14-10-28(11-15-30)34-32(38)8-6-4-3-5-7-9-33(39)35-29-12-16-31(17-13-29)45(42,43)37-24-20-27(2)21-25-37/h10-17,26-27H,3-9,18-25H2,1-2H3,(H,34,38)(H,35,39). The van der Waals surface area contributed by atoms with Crippen LogP contribution in [0.3, 0.4) is 0 Å². The van der Waals surface area contributed by atoms with Crippen molar-refractivity contribution in [1.29, 1.82) is 0 Å². The van der Waals surface area contributed by atoms with Crippen LogP contribution in [0.2, 0.25) is 0 Å². The Balaban J connectivity index is 1.08. The van der Waals surface area contributed by atoms with Gasteiger partial charge < -0.3 is 10.6 Å². The summed E-state index contributed by atoms with van der Waals surface area (Å²) in [5.41, 5.74) is 1.15. The van der Waals surface area contributed by atoms with Gasteiger partial charge in [-0.2, -0.15) is 8.61 Å². The van der Waals surface area contributed by atoms with Crippen molar-refractivity contribution in [2.45, 2.75) is 94.3 Å². The zero-order valence-electron chi connectivity index (χ0n) is 26.5. The van der Waals surface area contributed by atoms with Crippen LogP contribution < -0.4 is 10.6 Å². The molecular weight excluding hydrogens is 613 g/mol. The number of sulfonamides is 2. The SMILES string of the molecule is CC1CCN(S(=O)(=O)c2ccc(NC(=O)CCCCCCCC(=O)Nc3ccc(S(=O)(=O)N4CCC(C)CC4)cc3)cc2)CC1. The third kappa shape index (κ3) is 10.1. The summed E-state index contributed by atoms with van der Waals surface area (Å²) in [6.45, 7) is 6.44. The lowest BCUT2D eigenvalue weighted by atomic mass is 10.0. The van der Waals surface area contributed by atoms with Crippen molar-refractivity contribution >= 4 is 43.2 Å². The Morgan fingerprint density at radius 2 is 0.889 bits per heavy atom. The van der Waals surface area contributed by atoms with Crippen LogP contribution in [-0.4, -0.2) is 63.4 Å². The van der Waals surface area contributed by atoms with Crippen LogP contribution in [0.25, 0.3) is 0 Å². The van der Waals surface area contributed by atoms with E-state index in [0.29, 0.717) is 62.2 Å². The molecule has 0 atom stereocenters. The van der Waals surface area contributed by atoms with Crippen LogP contribution >= 0.6 is 0 Å². The summed E-state index contributed by atoms with van der Waals surface area (Å²) in [4.78, 5) is 25.2. The lowest BCUT2D eigenvalue weighted by Gasteiger charge is -2.29. The van der Waals surface area contributed by atoms with Gasteiger partial charge in [0.1, 0.15) is 0 Å². The number of piperidine rings is 2. The number of hydrogen-bond acceptors (Lipinski definition) is 6. The van der Waals surface area contributed by atoms with Crippen LogP contribution in [0.4, 0.5) is 11.4 Å². The average Bonchev–Trinajstić information content (AvgIpc) is 3.01. The average molecular weight is 661 g/mol. The Labute approximate surface area is 269 Å². The Kier molecular flexibility index (Phi) is 12.6. The molecule has 0 aromatic heterocycles. The van der Waals surface area contributed by atoms with E-state index >= 15 is 0 Å². The third-order valence-electron chi connectivity index (χ3n) is 8.84. The highest BCUT2D eigenvalue weighted by atomic mass is 32.2. The Morgan fingerprint density at radius 3 is 1.22 bits per heavy atom. The summed E-state index contributed by atoms with van der Waals surface area (Å²) in [6, 6.07) is 12.7. The van der Waals surface area contributed by atoms with Crippen molar-refractivity contribution in [1.82, 2.24) is 8.61 Å². The molecular formula is C33H48N4O6S2. The van der Waals surface area contributed by atoms with Crippen LogP contribution in [0, 0.1) is 11.8 Å². The van der Waals surface area contributed by atoms with Crippen molar-refractivity contribution in [3.05, 3.63) is 48.5 Å². The van der Waals surface area contributed by atoms with Gasteiger partial charge in [0, 0.05) is 50.4 Å². The molecule has 0 radical (unpaired) electrons. The van der Waals surface area contributed by atoms with Gasteiger partial charge >= 0.3 is 0 Å². The van der Waals surface area contributed by atoms with Crippen LogP contribution in [0.1, 0.15) is 84.5 Å². The summed E-state index contributed by atoms with van der Waals surface area (Å²) in [5.74, 6) is 0.862. The second-order valence-corrected chi connectivity index (χ2v) is 16.5. The molecule has 2 saturated heterocycles. The Bertz CT molecular complexity index is 1370. The number of unbranched alkanes of at least 4 members (excludes halogenated alkanes) is 4. The minimum atomic E-state index is -3.51. The molecule has 2 heterocycles. The van der Waals surface area contributed by atoms with Gasteiger partial charge in [0.25, 0.3) is 0 Å². The molecule has 2 aromatic rings. The van der Waals surface area contributed by atoms with Gasteiger partial charge in [-0.25, -0.2) is 16.8 Å². The molecule has 2 aliphatic rings. The minimum absolute atomic E-state index is 0.112. The molecule has 0 aliphatic carbocycles. The monoisotopic (exact) mass is 660 g/mol. The first-order chi connectivity index (χ1) is 21.4. The van der Waals surface area contributed by atoms with Gasteiger partial charge in [-0.05, 0) is 98.9 Å². The maximum Gasteiger partial charge on any atom is 0.243 e. The molecule has 2 aromatic carbocycles. The summed E-state index contributed by atoms with van der Waals surface area (Å²) < 4.78 is 54.6. The van der Waals surface area contributed by atoms with Crippen molar-refractivity contribution in [3.8, 4) is 0 Å². The number of anilines is 2. The van der Waals surface area contributed by atoms with E-state index in [0.717, 1.165) is 57.8 Å². The molecule has 0 spiro atoms.